The van der Waals surface area contributed by atoms with E-state index in [9.17, 15) is 14.7 Å². The summed E-state index contributed by atoms with van der Waals surface area (Å²) in [5.41, 5.74) is 2.03. The van der Waals surface area contributed by atoms with Crippen molar-refractivity contribution < 1.29 is 19.4 Å². The van der Waals surface area contributed by atoms with Gasteiger partial charge in [-0.2, -0.15) is 0 Å². The van der Waals surface area contributed by atoms with E-state index in [4.69, 9.17) is 16.3 Å². The topological polar surface area (TPSA) is 78.9 Å². The van der Waals surface area contributed by atoms with Crippen molar-refractivity contribution in [2.75, 3.05) is 18.0 Å². The number of rotatable bonds is 5. The summed E-state index contributed by atoms with van der Waals surface area (Å²) in [6.45, 7) is 9.14. The fourth-order valence-electron chi connectivity index (χ4n) is 3.24. The van der Waals surface area contributed by atoms with Crippen molar-refractivity contribution in [2.45, 2.75) is 65.0 Å². The van der Waals surface area contributed by atoms with Gasteiger partial charge in [-0.15, -0.1) is 0 Å². The van der Waals surface area contributed by atoms with Gasteiger partial charge >= 0.3 is 12.1 Å². The quantitative estimate of drug-likeness (QED) is 0.781. The van der Waals surface area contributed by atoms with Crippen LogP contribution in [0.2, 0.25) is 5.02 Å². The number of hydrogen-bond acceptors (Lipinski definition) is 4. The van der Waals surface area contributed by atoms with Gasteiger partial charge in [-0.3, -0.25) is 0 Å². The Kier molecular flexibility index (Phi) is 6.98. The van der Waals surface area contributed by atoms with Crippen LogP contribution in [-0.2, 0) is 16.0 Å². The predicted molar refractivity (Wildman–Crippen MR) is 107 cm³/mol. The number of alkyl carbamates (subject to hydrolysis) is 1. The molecule has 1 atom stereocenters. The molecule has 1 amide bonds. The molecule has 0 radical (unpaired) electrons. The number of benzene rings is 1. The van der Waals surface area contributed by atoms with Crippen molar-refractivity contribution in [1.29, 1.82) is 0 Å². The first-order chi connectivity index (χ1) is 12.6. The maximum absolute atomic E-state index is 11.9. The minimum atomic E-state index is -1.13. The van der Waals surface area contributed by atoms with E-state index < -0.39 is 23.7 Å². The minimum absolute atomic E-state index is 0.0918. The van der Waals surface area contributed by atoms with E-state index in [-0.39, 0.29) is 6.42 Å². The molecule has 7 heteroatoms. The number of carbonyl (C=O) groups is 2. The summed E-state index contributed by atoms with van der Waals surface area (Å²) in [7, 11) is 0. The molecule has 2 N–H and O–H groups in total. The summed E-state index contributed by atoms with van der Waals surface area (Å²) in [6, 6.07) is 2.73. The number of hydrogen-bond donors (Lipinski definition) is 2. The molecule has 0 saturated carbocycles. The van der Waals surface area contributed by atoms with Gasteiger partial charge in [0.15, 0.2) is 0 Å². The third kappa shape index (κ3) is 6.03. The van der Waals surface area contributed by atoms with Crippen LogP contribution in [-0.4, -0.2) is 41.9 Å². The zero-order valence-corrected chi connectivity index (χ0v) is 17.2. The van der Waals surface area contributed by atoms with Crippen LogP contribution in [0.3, 0.4) is 0 Å². The van der Waals surface area contributed by atoms with Crippen molar-refractivity contribution in [3.05, 3.63) is 28.3 Å². The fraction of sp³-hybridized carbons (Fsp3) is 0.600. The number of carboxylic acid groups (broad SMARTS) is 1. The smallest absolute Gasteiger partial charge is 0.408 e. The molecule has 1 saturated heterocycles. The number of carbonyl (C=O) groups excluding carboxylic acids is 1. The molecule has 1 fully saturated rings. The summed E-state index contributed by atoms with van der Waals surface area (Å²) < 4.78 is 5.16. The first kappa shape index (κ1) is 21.4. The summed E-state index contributed by atoms with van der Waals surface area (Å²) >= 11 is 6.55. The number of halogens is 1. The molecule has 1 aromatic carbocycles. The van der Waals surface area contributed by atoms with Crippen LogP contribution in [0.15, 0.2) is 12.1 Å². The van der Waals surface area contributed by atoms with E-state index in [0.29, 0.717) is 10.6 Å². The standard InChI is InChI=1S/C20H29ClN2O4/c1-13-16(23-10-6-5-7-11-23)9-8-14(17(13)21)12-15(18(24)25)22-19(26)27-20(2,3)4/h8-9,15H,5-7,10-12H2,1-4H3,(H,22,26)(H,24,25). The lowest BCUT2D eigenvalue weighted by Gasteiger charge is -2.31. The number of amides is 1. The number of anilines is 1. The lowest BCUT2D eigenvalue weighted by Crippen LogP contribution is -2.44. The highest BCUT2D eigenvalue weighted by molar-refractivity contribution is 6.32. The van der Waals surface area contributed by atoms with E-state index in [2.05, 4.69) is 10.2 Å². The van der Waals surface area contributed by atoms with Crippen LogP contribution in [0.1, 0.15) is 51.2 Å². The third-order valence-electron chi connectivity index (χ3n) is 4.55. The Hall–Kier alpha value is -1.95. The molecule has 150 valence electrons. The number of ether oxygens (including phenoxy) is 1. The van der Waals surface area contributed by atoms with Crippen molar-refractivity contribution in [2.24, 2.45) is 0 Å². The molecule has 0 aromatic heterocycles. The zero-order chi connectivity index (χ0) is 20.2. The van der Waals surface area contributed by atoms with Gasteiger partial charge in [-0.05, 0) is 64.2 Å². The van der Waals surface area contributed by atoms with Gasteiger partial charge in [-0.25, -0.2) is 9.59 Å². The van der Waals surface area contributed by atoms with E-state index in [1.54, 1.807) is 20.8 Å². The Morgan fingerprint density at radius 1 is 1.26 bits per heavy atom. The average Bonchev–Trinajstić information content (AvgIpc) is 2.57. The molecule has 1 unspecified atom stereocenters. The van der Waals surface area contributed by atoms with Gasteiger partial charge in [0, 0.05) is 30.2 Å². The molecular weight excluding hydrogens is 368 g/mol. The predicted octanol–water partition coefficient (Wildman–Crippen LogP) is 4.16. The largest absolute Gasteiger partial charge is 0.480 e. The molecule has 0 bridgehead atoms. The van der Waals surface area contributed by atoms with Crippen LogP contribution in [0, 0.1) is 6.92 Å². The van der Waals surface area contributed by atoms with Gasteiger partial charge < -0.3 is 20.1 Å². The van der Waals surface area contributed by atoms with E-state index in [1.807, 2.05) is 19.1 Å². The SMILES string of the molecule is Cc1c(N2CCCCC2)ccc(CC(NC(=O)OC(C)(C)C)C(=O)O)c1Cl. The lowest BCUT2D eigenvalue weighted by atomic mass is 10.0. The van der Waals surface area contributed by atoms with Gasteiger partial charge in [-0.1, -0.05) is 17.7 Å². The van der Waals surface area contributed by atoms with Gasteiger partial charge in [0.2, 0.25) is 0 Å². The third-order valence-corrected chi connectivity index (χ3v) is 5.07. The summed E-state index contributed by atoms with van der Waals surface area (Å²) in [5, 5.41) is 12.4. The summed E-state index contributed by atoms with van der Waals surface area (Å²) in [6.07, 6.45) is 2.92. The zero-order valence-electron chi connectivity index (χ0n) is 16.5. The molecule has 1 aliphatic heterocycles. The first-order valence-electron chi connectivity index (χ1n) is 9.33. The fourth-order valence-corrected chi connectivity index (χ4v) is 3.47. The molecule has 27 heavy (non-hydrogen) atoms. The van der Waals surface area contributed by atoms with E-state index in [0.717, 1.165) is 24.3 Å². The van der Waals surface area contributed by atoms with Crippen LogP contribution in [0.5, 0.6) is 0 Å². The van der Waals surface area contributed by atoms with Crippen LogP contribution < -0.4 is 10.2 Å². The molecule has 0 aliphatic carbocycles. The average molecular weight is 397 g/mol. The Morgan fingerprint density at radius 2 is 1.89 bits per heavy atom. The Bertz CT molecular complexity index is 694. The van der Waals surface area contributed by atoms with Crippen molar-refractivity contribution in [3.63, 3.8) is 0 Å². The van der Waals surface area contributed by atoms with Gasteiger partial charge in [0.05, 0.1) is 0 Å². The summed E-state index contributed by atoms with van der Waals surface area (Å²) in [5.74, 6) is -1.13. The van der Waals surface area contributed by atoms with Gasteiger partial charge in [0.1, 0.15) is 11.6 Å². The van der Waals surface area contributed by atoms with Crippen LogP contribution >= 0.6 is 11.6 Å². The number of nitrogens with one attached hydrogen (secondary N) is 1. The van der Waals surface area contributed by atoms with Crippen molar-refractivity contribution in [3.8, 4) is 0 Å². The molecule has 6 nitrogen and oxygen atoms in total. The lowest BCUT2D eigenvalue weighted by molar-refractivity contribution is -0.139. The maximum Gasteiger partial charge on any atom is 0.408 e. The highest BCUT2D eigenvalue weighted by Gasteiger charge is 2.26. The van der Waals surface area contributed by atoms with E-state index >= 15 is 0 Å². The first-order valence-corrected chi connectivity index (χ1v) is 9.71. The molecule has 1 aromatic rings. The second-order valence-corrected chi connectivity index (χ2v) is 8.35. The maximum atomic E-state index is 11.9. The number of aliphatic carboxylic acids is 1. The highest BCUT2D eigenvalue weighted by atomic mass is 35.5. The second-order valence-electron chi connectivity index (χ2n) is 7.97. The van der Waals surface area contributed by atoms with Gasteiger partial charge in [0.25, 0.3) is 0 Å². The van der Waals surface area contributed by atoms with Crippen molar-refractivity contribution in [1.82, 2.24) is 5.32 Å². The van der Waals surface area contributed by atoms with Crippen molar-refractivity contribution >= 4 is 29.4 Å². The van der Waals surface area contributed by atoms with E-state index in [1.165, 1.54) is 19.3 Å². The summed E-state index contributed by atoms with van der Waals surface area (Å²) in [4.78, 5) is 25.9. The normalized spacial score (nSPS) is 16.0. The Balaban J connectivity index is 2.14. The Morgan fingerprint density at radius 3 is 2.44 bits per heavy atom. The molecule has 1 aliphatic rings. The molecule has 0 spiro atoms. The number of piperidine rings is 1. The molecule has 1 heterocycles. The Labute approximate surface area is 165 Å². The van der Waals surface area contributed by atoms with Crippen LogP contribution in [0.25, 0.3) is 0 Å². The highest BCUT2D eigenvalue weighted by Crippen LogP contribution is 2.32. The monoisotopic (exact) mass is 396 g/mol. The molecular formula is C20H29ClN2O4. The minimum Gasteiger partial charge on any atom is -0.480 e. The van der Waals surface area contributed by atoms with Crippen LogP contribution in [0.4, 0.5) is 10.5 Å². The second kappa shape index (κ2) is 8.83. The molecule has 2 rings (SSSR count). The number of nitrogens with zero attached hydrogens (tertiary/aromatic N) is 1. The number of carboxylic acids is 1.